The van der Waals surface area contributed by atoms with Crippen LogP contribution >= 0.6 is 11.6 Å². The van der Waals surface area contributed by atoms with Crippen molar-refractivity contribution in [3.63, 3.8) is 0 Å². The molecule has 1 N–H and O–H groups in total. The fraction of sp³-hybridized carbons (Fsp3) is 0.308. The number of nitrogens with zero attached hydrogens (tertiary/aromatic N) is 1. The molecule has 1 aromatic heterocycles. The molecule has 1 aromatic carbocycles. The van der Waals surface area contributed by atoms with E-state index in [1.54, 1.807) is 7.11 Å². The van der Waals surface area contributed by atoms with Gasteiger partial charge in [0.2, 0.25) is 0 Å². The maximum absolute atomic E-state index is 6.13. The van der Waals surface area contributed by atoms with Crippen molar-refractivity contribution in [3.8, 4) is 5.75 Å². The van der Waals surface area contributed by atoms with Crippen LogP contribution < -0.4 is 10.1 Å². The van der Waals surface area contributed by atoms with Crippen LogP contribution in [0.1, 0.15) is 5.69 Å². The summed E-state index contributed by atoms with van der Waals surface area (Å²) in [6.07, 6.45) is 0.891. The van der Waals surface area contributed by atoms with Gasteiger partial charge in [0.15, 0.2) is 0 Å². The molecular weight excluding hydrogens is 236 g/mol. The molecule has 0 fully saturated rings. The summed E-state index contributed by atoms with van der Waals surface area (Å²) in [7, 11) is 3.57. The Morgan fingerprint density at radius 2 is 2.12 bits per heavy atom. The van der Waals surface area contributed by atoms with Crippen molar-refractivity contribution in [2.45, 2.75) is 6.42 Å². The summed E-state index contributed by atoms with van der Waals surface area (Å²) in [6, 6.07) is 7.68. The lowest BCUT2D eigenvalue weighted by molar-refractivity contribution is 0.419. The molecule has 0 aliphatic rings. The normalized spacial score (nSPS) is 10.8. The quantitative estimate of drug-likeness (QED) is 0.906. The number of likely N-dealkylation sites (N-methyl/N-ethyl adjacent to an activating group) is 1. The Kier molecular flexibility index (Phi) is 3.82. The molecule has 3 nitrogen and oxygen atoms in total. The van der Waals surface area contributed by atoms with Gasteiger partial charge in [-0.3, -0.25) is 0 Å². The summed E-state index contributed by atoms with van der Waals surface area (Å²) in [5, 5.41) is 4.74. The summed E-state index contributed by atoms with van der Waals surface area (Å²) < 4.78 is 5.31. The van der Waals surface area contributed by atoms with Crippen LogP contribution in [-0.4, -0.2) is 25.7 Å². The second kappa shape index (κ2) is 5.34. The minimum absolute atomic E-state index is 0.702. The van der Waals surface area contributed by atoms with Crippen LogP contribution in [0.2, 0.25) is 5.02 Å². The number of rotatable bonds is 4. The minimum atomic E-state index is 0.702. The van der Waals surface area contributed by atoms with E-state index in [-0.39, 0.29) is 0 Å². The standard InChI is InChI=1S/C13H15ClN2O/c1-15-8-7-9-3-4-10-11(14)5-6-12(17-2)13(10)16-9/h3-6,15H,7-8H2,1-2H3. The van der Waals surface area contributed by atoms with Gasteiger partial charge in [0.1, 0.15) is 11.3 Å². The summed E-state index contributed by atoms with van der Waals surface area (Å²) >= 11 is 6.13. The van der Waals surface area contributed by atoms with Crippen LogP contribution in [0.5, 0.6) is 5.75 Å². The van der Waals surface area contributed by atoms with E-state index in [0.717, 1.165) is 35.3 Å². The predicted octanol–water partition coefficient (Wildman–Crippen LogP) is 2.66. The molecule has 0 spiro atoms. The maximum atomic E-state index is 6.13. The molecule has 0 saturated heterocycles. The molecule has 2 rings (SSSR count). The number of ether oxygens (including phenoxy) is 1. The highest BCUT2D eigenvalue weighted by Gasteiger charge is 2.07. The zero-order valence-corrected chi connectivity index (χ0v) is 10.7. The number of pyridine rings is 1. The van der Waals surface area contributed by atoms with Crippen LogP contribution in [0, 0.1) is 0 Å². The number of hydrogen-bond acceptors (Lipinski definition) is 3. The van der Waals surface area contributed by atoms with Gasteiger partial charge in [0.05, 0.1) is 12.1 Å². The molecule has 90 valence electrons. The summed E-state index contributed by atoms with van der Waals surface area (Å²) in [5.74, 6) is 0.760. The topological polar surface area (TPSA) is 34.1 Å². The van der Waals surface area contributed by atoms with Crippen molar-refractivity contribution in [1.29, 1.82) is 0 Å². The summed E-state index contributed by atoms with van der Waals surface area (Å²) in [4.78, 5) is 4.59. The van der Waals surface area contributed by atoms with Gasteiger partial charge in [-0.05, 0) is 31.3 Å². The Morgan fingerprint density at radius 1 is 1.29 bits per heavy atom. The van der Waals surface area contributed by atoms with Gasteiger partial charge in [0.25, 0.3) is 0 Å². The van der Waals surface area contributed by atoms with Gasteiger partial charge in [0, 0.05) is 24.0 Å². The molecule has 0 unspecified atom stereocenters. The van der Waals surface area contributed by atoms with Crippen molar-refractivity contribution < 1.29 is 4.74 Å². The Morgan fingerprint density at radius 3 is 2.82 bits per heavy atom. The monoisotopic (exact) mass is 250 g/mol. The zero-order valence-electron chi connectivity index (χ0n) is 9.96. The van der Waals surface area contributed by atoms with Crippen LogP contribution in [0.4, 0.5) is 0 Å². The molecule has 4 heteroatoms. The number of halogens is 1. The summed E-state index contributed by atoms with van der Waals surface area (Å²) in [5.41, 5.74) is 1.86. The molecule has 0 radical (unpaired) electrons. The Bertz CT molecular complexity index is 528. The van der Waals surface area contributed by atoms with Crippen molar-refractivity contribution in [3.05, 3.63) is 35.0 Å². The Hall–Kier alpha value is -1.32. The minimum Gasteiger partial charge on any atom is -0.494 e. The predicted molar refractivity (Wildman–Crippen MR) is 70.9 cm³/mol. The van der Waals surface area contributed by atoms with Crippen LogP contribution in [0.25, 0.3) is 10.9 Å². The first-order valence-corrected chi connectivity index (χ1v) is 5.91. The van der Waals surface area contributed by atoms with E-state index in [1.165, 1.54) is 0 Å². The van der Waals surface area contributed by atoms with E-state index in [2.05, 4.69) is 10.3 Å². The molecule has 0 aliphatic carbocycles. The fourth-order valence-electron chi connectivity index (χ4n) is 1.75. The van der Waals surface area contributed by atoms with E-state index in [0.29, 0.717) is 5.02 Å². The molecule has 1 heterocycles. The highest BCUT2D eigenvalue weighted by Crippen LogP contribution is 2.29. The fourth-order valence-corrected chi connectivity index (χ4v) is 1.97. The SMILES string of the molecule is CNCCc1ccc2c(Cl)ccc(OC)c2n1. The van der Waals surface area contributed by atoms with Crippen molar-refractivity contribution in [2.24, 2.45) is 0 Å². The van der Waals surface area contributed by atoms with Crippen LogP contribution in [0.15, 0.2) is 24.3 Å². The second-order valence-electron chi connectivity index (χ2n) is 3.80. The first-order valence-electron chi connectivity index (χ1n) is 5.53. The Labute approximate surface area is 106 Å². The third-order valence-electron chi connectivity index (χ3n) is 2.68. The number of aromatic nitrogens is 1. The first kappa shape index (κ1) is 12.1. The molecule has 0 amide bonds. The van der Waals surface area contributed by atoms with Gasteiger partial charge < -0.3 is 10.1 Å². The van der Waals surface area contributed by atoms with Gasteiger partial charge in [-0.2, -0.15) is 0 Å². The molecule has 0 bridgehead atoms. The molecule has 0 aliphatic heterocycles. The van der Waals surface area contributed by atoms with E-state index >= 15 is 0 Å². The van der Waals surface area contributed by atoms with Crippen molar-refractivity contribution >= 4 is 22.5 Å². The zero-order chi connectivity index (χ0) is 12.3. The highest BCUT2D eigenvalue weighted by atomic mass is 35.5. The van der Waals surface area contributed by atoms with Gasteiger partial charge in [-0.25, -0.2) is 4.98 Å². The molecular formula is C13H15ClN2O. The van der Waals surface area contributed by atoms with E-state index in [1.807, 2.05) is 31.3 Å². The number of hydrogen-bond donors (Lipinski definition) is 1. The largest absolute Gasteiger partial charge is 0.494 e. The molecule has 2 aromatic rings. The average molecular weight is 251 g/mol. The lowest BCUT2D eigenvalue weighted by atomic mass is 10.1. The molecule has 17 heavy (non-hydrogen) atoms. The smallest absolute Gasteiger partial charge is 0.145 e. The number of fused-ring (bicyclic) bond motifs is 1. The Balaban J connectivity index is 2.50. The lowest BCUT2D eigenvalue weighted by Crippen LogP contribution is -2.11. The van der Waals surface area contributed by atoms with Gasteiger partial charge >= 0.3 is 0 Å². The van der Waals surface area contributed by atoms with Crippen LogP contribution in [0.3, 0.4) is 0 Å². The van der Waals surface area contributed by atoms with Crippen LogP contribution in [-0.2, 0) is 6.42 Å². The third kappa shape index (κ3) is 2.51. The highest BCUT2D eigenvalue weighted by molar-refractivity contribution is 6.35. The third-order valence-corrected chi connectivity index (χ3v) is 3.01. The number of methoxy groups -OCH3 is 1. The molecule has 0 atom stereocenters. The average Bonchev–Trinajstić information content (AvgIpc) is 2.37. The van der Waals surface area contributed by atoms with Crippen molar-refractivity contribution in [1.82, 2.24) is 10.3 Å². The number of benzene rings is 1. The second-order valence-corrected chi connectivity index (χ2v) is 4.21. The van der Waals surface area contributed by atoms with Crippen molar-refractivity contribution in [2.75, 3.05) is 20.7 Å². The number of nitrogens with one attached hydrogen (secondary N) is 1. The van der Waals surface area contributed by atoms with E-state index in [9.17, 15) is 0 Å². The summed E-state index contributed by atoms with van der Waals surface area (Å²) in [6.45, 7) is 0.904. The first-order chi connectivity index (χ1) is 8.26. The van der Waals surface area contributed by atoms with Gasteiger partial charge in [-0.1, -0.05) is 11.6 Å². The molecule has 0 saturated carbocycles. The van der Waals surface area contributed by atoms with E-state index < -0.39 is 0 Å². The lowest BCUT2D eigenvalue weighted by Gasteiger charge is -2.08. The van der Waals surface area contributed by atoms with Gasteiger partial charge in [-0.15, -0.1) is 0 Å². The maximum Gasteiger partial charge on any atom is 0.145 e. The van der Waals surface area contributed by atoms with E-state index in [4.69, 9.17) is 16.3 Å².